The van der Waals surface area contributed by atoms with E-state index >= 15 is 0 Å². The number of aromatic amines is 1. The number of imidazole rings is 1. The molecule has 1 aromatic heterocycles. The number of benzene rings is 1. The van der Waals surface area contributed by atoms with Crippen molar-refractivity contribution in [2.75, 3.05) is 26.2 Å². The highest BCUT2D eigenvalue weighted by atomic mass is 32.2. The van der Waals surface area contributed by atoms with Crippen LogP contribution in [0.4, 0.5) is 0 Å². The smallest absolute Gasteiger partial charge is 0.260 e. The molecule has 24 heavy (non-hydrogen) atoms. The van der Waals surface area contributed by atoms with Gasteiger partial charge in [-0.15, -0.1) is 0 Å². The lowest BCUT2D eigenvalue weighted by Crippen LogP contribution is -2.37. The first-order valence-electron chi connectivity index (χ1n) is 7.46. The molecule has 130 valence electrons. The molecule has 2 aromatic rings. The van der Waals surface area contributed by atoms with Crippen LogP contribution in [0, 0.1) is 0 Å². The van der Waals surface area contributed by atoms with Crippen molar-refractivity contribution >= 4 is 20.0 Å². The number of aromatic nitrogens is 2. The van der Waals surface area contributed by atoms with Crippen molar-refractivity contribution in [2.24, 2.45) is 0 Å². The van der Waals surface area contributed by atoms with Gasteiger partial charge >= 0.3 is 0 Å². The molecule has 1 aliphatic heterocycles. The maximum Gasteiger partial charge on any atom is 0.260 e. The molecule has 0 aliphatic carbocycles. The van der Waals surface area contributed by atoms with Crippen LogP contribution in [0.25, 0.3) is 0 Å². The molecular weight excluding hydrogens is 352 g/mol. The maximum atomic E-state index is 12.7. The van der Waals surface area contributed by atoms with Gasteiger partial charge in [-0.05, 0) is 18.6 Å². The van der Waals surface area contributed by atoms with E-state index < -0.39 is 20.0 Å². The average molecular weight is 370 g/mol. The lowest BCUT2D eigenvalue weighted by Gasteiger charge is -2.21. The minimum Gasteiger partial charge on any atom is -0.335 e. The number of H-pyrrole nitrogens is 1. The molecule has 0 unspecified atom stereocenters. The van der Waals surface area contributed by atoms with Crippen LogP contribution in [0.2, 0.25) is 0 Å². The zero-order chi connectivity index (χ0) is 17.2. The van der Waals surface area contributed by atoms with Crippen LogP contribution in [0.15, 0.2) is 52.8 Å². The zero-order valence-corrected chi connectivity index (χ0v) is 14.5. The highest BCUT2D eigenvalue weighted by Crippen LogP contribution is 2.20. The molecule has 2 heterocycles. The van der Waals surface area contributed by atoms with Gasteiger partial charge in [-0.25, -0.2) is 21.8 Å². The third-order valence-electron chi connectivity index (χ3n) is 3.89. The predicted octanol–water partition coefficient (Wildman–Crippen LogP) is 0.495. The SMILES string of the molecule is O=S(=O)(c1ccccc1)N1CCCN(S(=O)(=O)c2cnc[nH]2)CC1. The first-order chi connectivity index (χ1) is 11.4. The van der Waals surface area contributed by atoms with Gasteiger partial charge in [-0.3, -0.25) is 0 Å². The van der Waals surface area contributed by atoms with Gasteiger partial charge in [-0.1, -0.05) is 18.2 Å². The first-order valence-corrected chi connectivity index (χ1v) is 10.3. The highest BCUT2D eigenvalue weighted by Gasteiger charge is 2.32. The Kier molecular flexibility index (Phi) is 4.72. The molecule has 1 aliphatic rings. The third-order valence-corrected chi connectivity index (χ3v) is 7.62. The number of nitrogens with zero attached hydrogens (tertiary/aromatic N) is 3. The van der Waals surface area contributed by atoms with Crippen LogP contribution >= 0.6 is 0 Å². The number of rotatable bonds is 4. The zero-order valence-electron chi connectivity index (χ0n) is 12.9. The molecule has 8 nitrogen and oxygen atoms in total. The number of hydrogen-bond acceptors (Lipinski definition) is 5. The standard InChI is InChI=1S/C14H18N4O4S2/c19-23(20,13-5-2-1-3-6-13)17-7-4-8-18(10-9-17)24(21,22)14-11-15-12-16-14/h1-3,5-6,11-12H,4,7-10H2,(H,15,16). The highest BCUT2D eigenvalue weighted by molar-refractivity contribution is 7.89. The molecule has 0 amide bonds. The second-order valence-electron chi connectivity index (χ2n) is 5.39. The molecule has 1 fully saturated rings. The number of nitrogens with one attached hydrogen (secondary N) is 1. The Bertz CT molecular complexity index is 880. The Morgan fingerprint density at radius 1 is 0.875 bits per heavy atom. The van der Waals surface area contributed by atoms with Gasteiger partial charge < -0.3 is 4.98 Å². The van der Waals surface area contributed by atoms with Gasteiger partial charge in [0.1, 0.15) is 0 Å². The summed E-state index contributed by atoms with van der Waals surface area (Å²) >= 11 is 0. The summed E-state index contributed by atoms with van der Waals surface area (Å²) in [6.07, 6.45) is 2.98. The van der Waals surface area contributed by atoms with Crippen molar-refractivity contribution in [3.8, 4) is 0 Å². The van der Waals surface area contributed by atoms with Crippen LogP contribution < -0.4 is 0 Å². The van der Waals surface area contributed by atoms with Gasteiger partial charge in [-0.2, -0.15) is 8.61 Å². The quantitative estimate of drug-likeness (QED) is 0.844. The average Bonchev–Trinajstić information content (AvgIpc) is 3.00. The minimum absolute atomic E-state index is 0.0156. The van der Waals surface area contributed by atoms with Crippen molar-refractivity contribution < 1.29 is 16.8 Å². The molecular formula is C14H18N4O4S2. The minimum atomic E-state index is -3.68. The van der Waals surface area contributed by atoms with E-state index in [-0.39, 0.29) is 36.1 Å². The second-order valence-corrected chi connectivity index (χ2v) is 9.23. The summed E-state index contributed by atoms with van der Waals surface area (Å²) in [6.45, 7) is 0.770. The van der Waals surface area contributed by atoms with E-state index in [1.807, 2.05) is 0 Å². The fourth-order valence-corrected chi connectivity index (χ4v) is 5.47. The molecule has 1 N–H and O–H groups in total. The molecule has 1 aromatic carbocycles. The van der Waals surface area contributed by atoms with E-state index in [1.54, 1.807) is 30.3 Å². The Balaban J connectivity index is 1.79. The molecule has 0 spiro atoms. The number of hydrogen-bond donors (Lipinski definition) is 1. The lowest BCUT2D eigenvalue weighted by atomic mass is 10.4. The van der Waals surface area contributed by atoms with Crippen LogP contribution in [-0.2, 0) is 20.0 Å². The molecule has 1 saturated heterocycles. The molecule has 0 atom stereocenters. The molecule has 10 heteroatoms. The van der Waals surface area contributed by atoms with Crippen molar-refractivity contribution in [3.63, 3.8) is 0 Å². The van der Waals surface area contributed by atoms with Crippen molar-refractivity contribution in [1.82, 2.24) is 18.6 Å². The molecule has 0 saturated carbocycles. The maximum absolute atomic E-state index is 12.7. The molecule has 0 radical (unpaired) electrons. The van der Waals surface area contributed by atoms with E-state index in [4.69, 9.17) is 0 Å². The molecule has 0 bridgehead atoms. The Morgan fingerprint density at radius 3 is 2.08 bits per heavy atom. The summed E-state index contributed by atoms with van der Waals surface area (Å²) < 4.78 is 53.0. The van der Waals surface area contributed by atoms with Crippen LogP contribution in [-0.4, -0.2) is 61.6 Å². The van der Waals surface area contributed by atoms with E-state index in [2.05, 4.69) is 9.97 Å². The Labute approximate surface area is 141 Å². The van der Waals surface area contributed by atoms with Crippen molar-refractivity contribution in [1.29, 1.82) is 0 Å². The topological polar surface area (TPSA) is 103 Å². The van der Waals surface area contributed by atoms with E-state index in [0.29, 0.717) is 6.42 Å². The summed E-state index contributed by atoms with van der Waals surface area (Å²) in [7, 11) is -7.30. The van der Waals surface area contributed by atoms with Crippen LogP contribution in [0.1, 0.15) is 6.42 Å². The lowest BCUT2D eigenvalue weighted by molar-refractivity contribution is 0.403. The summed E-state index contributed by atoms with van der Waals surface area (Å²) in [5.41, 5.74) is 0. The van der Waals surface area contributed by atoms with Gasteiger partial charge in [0.25, 0.3) is 10.0 Å². The summed E-state index contributed by atoms with van der Waals surface area (Å²) in [5.74, 6) is 0. The van der Waals surface area contributed by atoms with Gasteiger partial charge in [0, 0.05) is 26.2 Å². The first kappa shape index (κ1) is 17.1. The van der Waals surface area contributed by atoms with E-state index in [9.17, 15) is 16.8 Å². The van der Waals surface area contributed by atoms with Crippen molar-refractivity contribution in [3.05, 3.63) is 42.9 Å². The predicted molar refractivity (Wildman–Crippen MR) is 87.2 cm³/mol. The Morgan fingerprint density at radius 2 is 1.50 bits per heavy atom. The summed E-state index contributed by atoms with van der Waals surface area (Å²) in [6, 6.07) is 8.16. The van der Waals surface area contributed by atoms with Gasteiger partial charge in [0.15, 0.2) is 5.03 Å². The van der Waals surface area contributed by atoms with E-state index in [0.717, 1.165) is 0 Å². The fraction of sp³-hybridized carbons (Fsp3) is 0.357. The Hall–Kier alpha value is -1.75. The molecule has 3 rings (SSSR count). The summed E-state index contributed by atoms with van der Waals surface area (Å²) in [4.78, 5) is 6.54. The summed E-state index contributed by atoms with van der Waals surface area (Å²) in [5, 5.41) is 0.0156. The van der Waals surface area contributed by atoms with E-state index in [1.165, 1.54) is 21.1 Å². The van der Waals surface area contributed by atoms with Crippen LogP contribution in [0.3, 0.4) is 0 Å². The van der Waals surface area contributed by atoms with Gasteiger partial charge in [0.05, 0.1) is 17.4 Å². The van der Waals surface area contributed by atoms with Crippen LogP contribution in [0.5, 0.6) is 0 Å². The largest absolute Gasteiger partial charge is 0.335 e. The van der Waals surface area contributed by atoms with Crippen molar-refractivity contribution in [2.45, 2.75) is 16.3 Å². The van der Waals surface area contributed by atoms with Gasteiger partial charge in [0.2, 0.25) is 10.0 Å². The monoisotopic (exact) mass is 370 g/mol. The second kappa shape index (κ2) is 6.63. The number of sulfonamides is 2. The normalized spacial score (nSPS) is 18.3. The third kappa shape index (κ3) is 3.22. The fourth-order valence-electron chi connectivity index (χ4n) is 2.62.